The molecule has 0 heterocycles. The molecule has 0 aliphatic carbocycles. The first-order valence-electron chi connectivity index (χ1n) is 6.07. The molecule has 20 heavy (non-hydrogen) atoms. The summed E-state index contributed by atoms with van der Waals surface area (Å²) >= 11 is 0. The molecule has 0 saturated heterocycles. The van der Waals surface area contributed by atoms with Crippen LogP contribution in [0.4, 0.5) is 0 Å². The maximum atomic E-state index is 11.6. The largest absolute Gasteiger partial charge is 0.479 e. The summed E-state index contributed by atoms with van der Waals surface area (Å²) in [6, 6.07) is -1.09. The molecule has 8 heteroatoms. The normalized spacial score (nSPS) is 14.2. The van der Waals surface area contributed by atoms with Crippen LogP contribution in [0.5, 0.6) is 0 Å². The molecular formula is C12H22N2O6. The van der Waals surface area contributed by atoms with Gasteiger partial charge in [0.25, 0.3) is 0 Å². The Morgan fingerprint density at radius 1 is 1.30 bits per heavy atom. The minimum atomic E-state index is -1.20. The number of nitrogens with one attached hydrogen (secondary N) is 1. The molecule has 0 rings (SSSR count). The Bertz CT molecular complexity index is 363. The number of nitrogens with two attached hydrogens (primary N) is 1. The van der Waals surface area contributed by atoms with Crippen molar-refractivity contribution in [2.24, 2.45) is 5.73 Å². The standard InChI is InChI=1S/C12H22N2O6/c1-12(2,3)20-8(11(17)18)5-7(13)10(16)14-6-9(15)19-4/h7-8H,5-6,13H2,1-4H3,(H,14,16)(H,17,18)/t7-,8?/m0/s1. The number of carbonyl (C=O) groups excluding carboxylic acids is 2. The third-order valence-electron chi connectivity index (χ3n) is 2.21. The summed E-state index contributed by atoms with van der Waals surface area (Å²) in [4.78, 5) is 33.5. The Labute approximate surface area is 117 Å². The molecule has 116 valence electrons. The molecule has 0 aromatic carbocycles. The number of carbonyl (C=O) groups is 3. The second-order valence-electron chi connectivity index (χ2n) is 5.19. The summed E-state index contributed by atoms with van der Waals surface area (Å²) in [6.07, 6.45) is -1.39. The van der Waals surface area contributed by atoms with E-state index in [1.807, 2.05) is 0 Å². The van der Waals surface area contributed by atoms with Gasteiger partial charge in [0.15, 0.2) is 6.10 Å². The second kappa shape index (κ2) is 7.81. The summed E-state index contributed by atoms with van der Waals surface area (Å²) in [7, 11) is 1.19. The average molecular weight is 290 g/mol. The van der Waals surface area contributed by atoms with Crippen LogP contribution in [0.2, 0.25) is 0 Å². The summed E-state index contributed by atoms with van der Waals surface area (Å²) in [5.41, 5.74) is 4.92. The molecule has 0 radical (unpaired) electrons. The number of carboxylic acids is 1. The zero-order chi connectivity index (χ0) is 15.9. The van der Waals surface area contributed by atoms with Crippen molar-refractivity contribution in [2.75, 3.05) is 13.7 Å². The van der Waals surface area contributed by atoms with Gasteiger partial charge in [0, 0.05) is 6.42 Å². The van der Waals surface area contributed by atoms with Gasteiger partial charge in [-0.3, -0.25) is 9.59 Å². The number of hydrogen-bond donors (Lipinski definition) is 3. The first kappa shape index (κ1) is 18.3. The number of rotatable bonds is 7. The summed E-state index contributed by atoms with van der Waals surface area (Å²) in [5, 5.41) is 11.3. The van der Waals surface area contributed by atoms with Crippen molar-refractivity contribution in [3.8, 4) is 0 Å². The highest BCUT2D eigenvalue weighted by Gasteiger charge is 2.29. The van der Waals surface area contributed by atoms with Crippen LogP contribution in [0.25, 0.3) is 0 Å². The third-order valence-corrected chi connectivity index (χ3v) is 2.21. The molecule has 0 spiro atoms. The summed E-state index contributed by atoms with van der Waals surface area (Å²) in [5.74, 6) is -2.46. The van der Waals surface area contributed by atoms with Crippen LogP contribution in [0, 0.1) is 0 Å². The monoisotopic (exact) mass is 290 g/mol. The lowest BCUT2D eigenvalue weighted by molar-refractivity contribution is -0.161. The number of esters is 1. The minimum absolute atomic E-state index is 0.195. The van der Waals surface area contributed by atoms with Gasteiger partial charge in [-0.2, -0.15) is 0 Å². The average Bonchev–Trinajstić information content (AvgIpc) is 2.32. The van der Waals surface area contributed by atoms with Crippen molar-refractivity contribution in [1.82, 2.24) is 5.32 Å². The Morgan fingerprint density at radius 2 is 1.85 bits per heavy atom. The van der Waals surface area contributed by atoms with Crippen LogP contribution >= 0.6 is 0 Å². The van der Waals surface area contributed by atoms with E-state index in [0.29, 0.717) is 0 Å². The Kier molecular flexibility index (Phi) is 7.16. The van der Waals surface area contributed by atoms with Crippen molar-refractivity contribution in [1.29, 1.82) is 0 Å². The van der Waals surface area contributed by atoms with Crippen molar-refractivity contribution in [3.63, 3.8) is 0 Å². The zero-order valence-electron chi connectivity index (χ0n) is 12.1. The SMILES string of the molecule is COC(=O)CNC(=O)[C@@H](N)CC(OC(C)(C)C)C(=O)O. The lowest BCUT2D eigenvalue weighted by Gasteiger charge is -2.26. The number of hydrogen-bond acceptors (Lipinski definition) is 6. The highest BCUT2D eigenvalue weighted by Crippen LogP contribution is 2.14. The highest BCUT2D eigenvalue weighted by molar-refractivity contribution is 5.86. The molecule has 0 aliphatic heterocycles. The van der Waals surface area contributed by atoms with Crippen molar-refractivity contribution in [3.05, 3.63) is 0 Å². The molecule has 0 bridgehead atoms. The van der Waals surface area contributed by atoms with Gasteiger partial charge < -0.3 is 25.6 Å². The van der Waals surface area contributed by atoms with Crippen LogP contribution < -0.4 is 11.1 Å². The smallest absolute Gasteiger partial charge is 0.332 e. The number of methoxy groups -OCH3 is 1. The fraction of sp³-hybridized carbons (Fsp3) is 0.750. The van der Waals surface area contributed by atoms with Gasteiger partial charge in [-0.25, -0.2) is 4.79 Å². The van der Waals surface area contributed by atoms with E-state index in [2.05, 4.69) is 10.1 Å². The Balaban J connectivity index is 4.45. The van der Waals surface area contributed by atoms with Crippen LogP contribution in [-0.2, 0) is 23.9 Å². The number of amides is 1. The maximum absolute atomic E-state index is 11.6. The molecule has 8 nitrogen and oxygen atoms in total. The van der Waals surface area contributed by atoms with E-state index in [0.717, 1.165) is 0 Å². The highest BCUT2D eigenvalue weighted by atomic mass is 16.5. The van der Waals surface area contributed by atoms with Crippen LogP contribution in [-0.4, -0.2) is 54.4 Å². The summed E-state index contributed by atoms with van der Waals surface area (Å²) < 4.78 is 9.67. The van der Waals surface area contributed by atoms with E-state index in [1.165, 1.54) is 7.11 Å². The number of aliphatic carboxylic acids is 1. The van der Waals surface area contributed by atoms with Gasteiger partial charge in [0.2, 0.25) is 5.91 Å². The van der Waals surface area contributed by atoms with Crippen molar-refractivity contribution < 1.29 is 29.0 Å². The molecule has 0 aromatic heterocycles. The lowest BCUT2D eigenvalue weighted by atomic mass is 10.1. The molecule has 0 aromatic rings. The van der Waals surface area contributed by atoms with Crippen molar-refractivity contribution in [2.45, 2.75) is 44.9 Å². The van der Waals surface area contributed by atoms with Crippen LogP contribution in [0.3, 0.4) is 0 Å². The maximum Gasteiger partial charge on any atom is 0.332 e. The van der Waals surface area contributed by atoms with Gasteiger partial charge in [-0.1, -0.05) is 0 Å². The number of carboxylic acid groups (broad SMARTS) is 1. The lowest BCUT2D eigenvalue weighted by Crippen LogP contribution is -2.47. The number of ether oxygens (including phenoxy) is 2. The fourth-order valence-corrected chi connectivity index (χ4v) is 1.33. The molecule has 0 fully saturated rings. The zero-order valence-corrected chi connectivity index (χ0v) is 12.1. The van der Waals surface area contributed by atoms with Gasteiger partial charge in [-0.15, -0.1) is 0 Å². The van der Waals surface area contributed by atoms with E-state index in [1.54, 1.807) is 20.8 Å². The van der Waals surface area contributed by atoms with E-state index in [9.17, 15) is 14.4 Å². The van der Waals surface area contributed by atoms with Gasteiger partial charge in [0.05, 0.1) is 18.8 Å². The van der Waals surface area contributed by atoms with Gasteiger partial charge >= 0.3 is 11.9 Å². The van der Waals surface area contributed by atoms with E-state index in [-0.39, 0.29) is 13.0 Å². The van der Waals surface area contributed by atoms with Crippen molar-refractivity contribution >= 4 is 17.8 Å². The molecule has 1 amide bonds. The second-order valence-corrected chi connectivity index (χ2v) is 5.19. The first-order valence-corrected chi connectivity index (χ1v) is 6.07. The Hall–Kier alpha value is -1.67. The molecule has 0 aliphatic rings. The van der Waals surface area contributed by atoms with Gasteiger partial charge in [0.1, 0.15) is 6.54 Å². The third kappa shape index (κ3) is 7.70. The summed E-state index contributed by atoms with van der Waals surface area (Å²) in [6.45, 7) is 4.78. The molecule has 2 atom stereocenters. The van der Waals surface area contributed by atoms with Gasteiger partial charge in [-0.05, 0) is 20.8 Å². The van der Waals surface area contributed by atoms with Crippen LogP contribution in [0.15, 0.2) is 0 Å². The minimum Gasteiger partial charge on any atom is -0.479 e. The van der Waals surface area contributed by atoms with E-state index >= 15 is 0 Å². The fourth-order valence-electron chi connectivity index (χ4n) is 1.33. The van der Waals surface area contributed by atoms with Crippen LogP contribution in [0.1, 0.15) is 27.2 Å². The predicted molar refractivity (Wildman–Crippen MR) is 69.9 cm³/mol. The molecule has 4 N–H and O–H groups in total. The Morgan fingerprint density at radius 3 is 2.25 bits per heavy atom. The molecule has 1 unspecified atom stereocenters. The predicted octanol–water partition coefficient (Wildman–Crippen LogP) is -0.739. The quantitative estimate of drug-likeness (QED) is 0.527. The topological polar surface area (TPSA) is 128 Å². The molecular weight excluding hydrogens is 268 g/mol. The van der Waals surface area contributed by atoms with E-state index in [4.69, 9.17) is 15.6 Å². The first-order chi connectivity index (χ1) is 9.06. The van der Waals surface area contributed by atoms with E-state index < -0.39 is 35.6 Å². The molecule has 0 saturated carbocycles.